The molecular weight excluding hydrogens is 280 g/mol. The molecule has 0 spiro atoms. The Morgan fingerprint density at radius 1 is 0.565 bits per heavy atom. The van der Waals surface area contributed by atoms with Crippen molar-refractivity contribution in [3.63, 3.8) is 0 Å². The number of hydrogen-bond acceptors (Lipinski definition) is 1. The minimum Gasteiger partial charge on any atom is -0.456 e. The van der Waals surface area contributed by atoms with Gasteiger partial charge in [-0.2, -0.15) is 0 Å². The van der Waals surface area contributed by atoms with Gasteiger partial charge >= 0.3 is 0 Å². The number of fused-ring (bicyclic) bond motifs is 6. The van der Waals surface area contributed by atoms with E-state index in [4.69, 9.17) is 4.42 Å². The molecule has 1 heterocycles. The van der Waals surface area contributed by atoms with Crippen LogP contribution in [-0.4, -0.2) is 0 Å². The fraction of sp³-hybridized carbons (Fsp3) is 0.0909. The van der Waals surface area contributed by atoms with Crippen LogP contribution in [0.25, 0.3) is 43.5 Å². The summed E-state index contributed by atoms with van der Waals surface area (Å²) in [7, 11) is 0. The van der Waals surface area contributed by atoms with E-state index in [-0.39, 0.29) is 0 Å². The lowest BCUT2D eigenvalue weighted by molar-refractivity contribution is 0.669. The van der Waals surface area contributed by atoms with Gasteiger partial charge in [0.15, 0.2) is 0 Å². The molecule has 0 aliphatic heterocycles. The summed E-state index contributed by atoms with van der Waals surface area (Å²) >= 11 is 0. The van der Waals surface area contributed by atoms with Crippen molar-refractivity contribution in [2.45, 2.75) is 13.8 Å². The Kier molecular flexibility index (Phi) is 2.41. The van der Waals surface area contributed by atoms with E-state index in [0.29, 0.717) is 0 Å². The molecule has 23 heavy (non-hydrogen) atoms. The van der Waals surface area contributed by atoms with Crippen molar-refractivity contribution in [1.29, 1.82) is 0 Å². The van der Waals surface area contributed by atoms with Crippen LogP contribution in [0.4, 0.5) is 0 Å². The number of benzene rings is 4. The van der Waals surface area contributed by atoms with Crippen LogP contribution in [0.5, 0.6) is 0 Å². The van der Waals surface area contributed by atoms with Gasteiger partial charge in [0.2, 0.25) is 0 Å². The molecule has 0 fully saturated rings. The molecule has 1 heteroatoms. The highest BCUT2D eigenvalue weighted by molar-refractivity contribution is 6.16. The van der Waals surface area contributed by atoms with Gasteiger partial charge < -0.3 is 4.42 Å². The molecule has 0 atom stereocenters. The van der Waals surface area contributed by atoms with Gasteiger partial charge in [0.25, 0.3) is 0 Å². The Bertz CT molecular complexity index is 1220. The van der Waals surface area contributed by atoms with E-state index in [1.54, 1.807) is 0 Å². The minimum absolute atomic E-state index is 0.967. The molecule has 0 radical (unpaired) electrons. The van der Waals surface area contributed by atoms with Crippen molar-refractivity contribution >= 4 is 43.5 Å². The zero-order valence-corrected chi connectivity index (χ0v) is 13.2. The highest BCUT2D eigenvalue weighted by Gasteiger charge is 2.11. The van der Waals surface area contributed by atoms with Crippen molar-refractivity contribution in [2.24, 2.45) is 0 Å². The van der Waals surface area contributed by atoms with Crippen LogP contribution >= 0.6 is 0 Å². The zero-order chi connectivity index (χ0) is 15.6. The molecule has 110 valence electrons. The fourth-order valence-electron chi connectivity index (χ4n) is 3.53. The molecule has 5 aromatic rings. The van der Waals surface area contributed by atoms with Crippen LogP contribution in [0.1, 0.15) is 11.1 Å². The Labute approximate surface area is 134 Å². The normalized spacial score (nSPS) is 11.9. The van der Waals surface area contributed by atoms with Crippen LogP contribution in [0, 0.1) is 13.8 Å². The third-order valence-corrected chi connectivity index (χ3v) is 4.95. The molecule has 1 aromatic heterocycles. The Hall–Kier alpha value is -2.80. The maximum Gasteiger partial charge on any atom is 0.136 e. The van der Waals surface area contributed by atoms with Gasteiger partial charge in [-0.3, -0.25) is 0 Å². The fourth-order valence-corrected chi connectivity index (χ4v) is 3.53. The first-order valence-corrected chi connectivity index (χ1v) is 7.96. The summed E-state index contributed by atoms with van der Waals surface area (Å²) in [5.74, 6) is 0. The largest absolute Gasteiger partial charge is 0.456 e. The quantitative estimate of drug-likeness (QED) is 0.297. The van der Waals surface area contributed by atoms with E-state index in [1.165, 1.54) is 43.4 Å². The molecule has 1 nitrogen and oxygen atoms in total. The summed E-state index contributed by atoms with van der Waals surface area (Å²) < 4.78 is 6.15. The average molecular weight is 296 g/mol. The van der Waals surface area contributed by atoms with Gasteiger partial charge in [0, 0.05) is 10.8 Å². The second-order valence-electron chi connectivity index (χ2n) is 6.39. The first kappa shape index (κ1) is 12.7. The first-order valence-electron chi connectivity index (χ1n) is 7.96. The molecule has 5 rings (SSSR count). The molecule has 4 aromatic carbocycles. The molecule has 0 amide bonds. The molecule has 0 bridgehead atoms. The van der Waals surface area contributed by atoms with E-state index >= 15 is 0 Å². The van der Waals surface area contributed by atoms with E-state index in [2.05, 4.69) is 74.5 Å². The Morgan fingerprint density at radius 3 is 2.17 bits per heavy atom. The van der Waals surface area contributed by atoms with Crippen molar-refractivity contribution in [1.82, 2.24) is 0 Å². The van der Waals surface area contributed by atoms with E-state index in [0.717, 1.165) is 11.2 Å². The summed E-state index contributed by atoms with van der Waals surface area (Å²) in [4.78, 5) is 0. The highest BCUT2D eigenvalue weighted by atomic mass is 16.3. The molecule has 0 aliphatic rings. The molecule has 0 aliphatic carbocycles. The molecule has 0 N–H and O–H groups in total. The summed E-state index contributed by atoms with van der Waals surface area (Å²) in [6, 6.07) is 21.8. The Morgan fingerprint density at radius 2 is 1.26 bits per heavy atom. The topological polar surface area (TPSA) is 13.1 Å². The van der Waals surface area contributed by atoms with Crippen molar-refractivity contribution in [2.75, 3.05) is 0 Å². The number of hydrogen-bond donors (Lipinski definition) is 0. The maximum absolute atomic E-state index is 6.15. The third-order valence-electron chi connectivity index (χ3n) is 4.95. The van der Waals surface area contributed by atoms with Gasteiger partial charge in [-0.1, -0.05) is 36.4 Å². The van der Waals surface area contributed by atoms with Gasteiger partial charge in [-0.05, 0) is 70.8 Å². The van der Waals surface area contributed by atoms with Crippen LogP contribution < -0.4 is 0 Å². The van der Waals surface area contributed by atoms with Gasteiger partial charge in [-0.15, -0.1) is 0 Å². The highest BCUT2D eigenvalue weighted by Crippen LogP contribution is 2.35. The third kappa shape index (κ3) is 1.74. The standard InChI is InChI=1S/C22H16O/c1-13-9-19-20-11-16-8-7-15-5-3-4-6-17(15)18(16)12-22(20)23-21(19)10-14(13)2/h3-12H,1-2H3. The van der Waals surface area contributed by atoms with E-state index in [1.807, 2.05) is 0 Å². The van der Waals surface area contributed by atoms with Crippen LogP contribution in [-0.2, 0) is 0 Å². The SMILES string of the molecule is Cc1cc2oc3cc4c(ccc5ccccc54)cc3c2cc1C. The molecular formula is C22H16O. The number of aryl methyl sites for hydroxylation is 2. The molecule has 0 saturated heterocycles. The summed E-state index contributed by atoms with van der Waals surface area (Å²) in [5, 5.41) is 7.46. The van der Waals surface area contributed by atoms with Gasteiger partial charge in [0.1, 0.15) is 11.2 Å². The lowest BCUT2D eigenvalue weighted by Gasteiger charge is -2.04. The first-order chi connectivity index (χ1) is 11.2. The van der Waals surface area contributed by atoms with Crippen molar-refractivity contribution in [3.05, 3.63) is 71.8 Å². The lowest BCUT2D eigenvalue weighted by Crippen LogP contribution is -1.79. The van der Waals surface area contributed by atoms with Gasteiger partial charge in [-0.25, -0.2) is 0 Å². The molecule has 0 unspecified atom stereocenters. The monoisotopic (exact) mass is 296 g/mol. The summed E-state index contributed by atoms with van der Waals surface area (Å²) in [6.45, 7) is 4.29. The second kappa shape index (κ2) is 4.36. The average Bonchev–Trinajstić information content (AvgIpc) is 2.90. The zero-order valence-electron chi connectivity index (χ0n) is 13.2. The van der Waals surface area contributed by atoms with Crippen LogP contribution in [0.15, 0.2) is 65.1 Å². The lowest BCUT2D eigenvalue weighted by atomic mass is 9.99. The summed E-state index contributed by atoms with van der Waals surface area (Å²) in [6.07, 6.45) is 0. The van der Waals surface area contributed by atoms with Gasteiger partial charge in [0.05, 0.1) is 0 Å². The Balaban J connectivity index is 1.99. The predicted octanol–water partition coefficient (Wildman–Crippen LogP) is 6.51. The van der Waals surface area contributed by atoms with Crippen molar-refractivity contribution in [3.8, 4) is 0 Å². The number of furan rings is 1. The smallest absolute Gasteiger partial charge is 0.136 e. The van der Waals surface area contributed by atoms with E-state index < -0.39 is 0 Å². The number of rotatable bonds is 0. The van der Waals surface area contributed by atoms with Crippen LogP contribution in [0.2, 0.25) is 0 Å². The van der Waals surface area contributed by atoms with Crippen LogP contribution in [0.3, 0.4) is 0 Å². The maximum atomic E-state index is 6.15. The van der Waals surface area contributed by atoms with Crippen molar-refractivity contribution < 1.29 is 4.42 Å². The predicted molar refractivity (Wildman–Crippen MR) is 98.2 cm³/mol. The minimum atomic E-state index is 0.967. The summed E-state index contributed by atoms with van der Waals surface area (Å²) in [5.41, 5.74) is 4.52. The molecule has 0 saturated carbocycles. The van der Waals surface area contributed by atoms with E-state index in [9.17, 15) is 0 Å². The second-order valence-corrected chi connectivity index (χ2v) is 6.39.